The van der Waals surface area contributed by atoms with Gasteiger partial charge in [-0.15, -0.1) is 0 Å². The molecule has 0 saturated heterocycles. The number of rotatable bonds is 2. The molecule has 98 valence electrons. The fraction of sp³-hybridized carbons (Fsp3) is 0.286. The fourth-order valence-corrected chi connectivity index (χ4v) is 2.43. The smallest absolute Gasteiger partial charge is 0.306 e. The van der Waals surface area contributed by atoms with Gasteiger partial charge in [-0.3, -0.25) is 4.79 Å². The SMILES string of the molecule is O=C(O)C1CCc2oc(-c3ccc(Cl)cc3)nc2C1. The van der Waals surface area contributed by atoms with Gasteiger partial charge in [-0.05, 0) is 30.7 Å². The quantitative estimate of drug-likeness (QED) is 0.916. The Morgan fingerprint density at radius 3 is 2.79 bits per heavy atom. The summed E-state index contributed by atoms with van der Waals surface area (Å²) in [6.07, 6.45) is 1.69. The van der Waals surface area contributed by atoms with Crippen LogP contribution in [-0.2, 0) is 17.6 Å². The second-order valence-electron chi connectivity index (χ2n) is 4.67. The summed E-state index contributed by atoms with van der Waals surface area (Å²) in [5, 5.41) is 9.70. The van der Waals surface area contributed by atoms with Crippen molar-refractivity contribution in [1.29, 1.82) is 0 Å². The molecule has 0 saturated carbocycles. The number of hydrogen-bond acceptors (Lipinski definition) is 3. The largest absolute Gasteiger partial charge is 0.481 e. The molecule has 1 N–H and O–H groups in total. The van der Waals surface area contributed by atoms with Crippen molar-refractivity contribution in [2.45, 2.75) is 19.3 Å². The van der Waals surface area contributed by atoms with Crippen LogP contribution in [0.4, 0.5) is 0 Å². The van der Waals surface area contributed by atoms with Crippen molar-refractivity contribution in [1.82, 2.24) is 4.98 Å². The number of aryl methyl sites for hydroxylation is 1. The van der Waals surface area contributed by atoms with Gasteiger partial charge in [-0.1, -0.05) is 11.6 Å². The van der Waals surface area contributed by atoms with Crippen molar-refractivity contribution in [3.63, 3.8) is 0 Å². The third kappa shape index (κ3) is 2.36. The van der Waals surface area contributed by atoms with Crippen molar-refractivity contribution in [2.24, 2.45) is 5.92 Å². The summed E-state index contributed by atoms with van der Waals surface area (Å²) in [6, 6.07) is 7.24. The predicted octanol–water partition coefficient (Wildman–Crippen LogP) is 3.18. The highest BCUT2D eigenvalue weighted by Crippen LogP contribution is 2.30. The molecule has 1 heterocycles. The minimum atomic E-state index is -0.762. The van der Waals surface area contributed by atoms with E-state index in [0.29, 0.717) is 30.2 Å². The monoisotopic (exact) mass is 277 g/mol. The summed E-state index contributed by atoms with van der Waals surface area (Å²) in [7, 11) is 0. The average molecular weight is 278 g/mol. The Labute approximate surface area is 115 Å². The lowest BCUT2D eigenvalue weighted by molar-refractivity contribution is -0.142. The Morgan fingerprint density at radius 2 is 2.11 bits per heavy atom. The van der Waals surface area contributed by atoms with Crippen LogP contribution < -0.4 is 0 Å². The van der Waals surface area contributed by atoms with Crippen molar-refractivity contribution >= 4 is 17.6 Å². The zero-order chi connectivity index (χ0) is 13.4. The third-order valence-corrected chi connectivity index (χ3v) is 3.63. The van der Waals surface area contributed by atoms with E-state index in [4.69, 9.17) is 21.1 Å². The van der Waals surface area contributed by atoms with Gasteiger partial charge in [0, 0.05) is 23.4 Å². The second kappa shape index (κ2) is 4.70. The average Bonchev–Trinajstić information content (AvgIpc) is 2.82. The van der Waals surface area contributed by atoms with Gasteiger partial charge < -0.3 is 9.52 Å². The van der Waals surface area contributed by atoms with Gasteiger partial charge >= 0.3 is 5.97 Å². The van der Waals surface area contributed by atoms with E-state index < -0.39 is 5.97 Å². The zero-order valence-electron chi connectivity index (χ0n) is 10.1. The lowest BCUT2D eigenvalue weighted by atomic mass is 9.90. The van der Waals surface area contributed by atoms with Gasteiger partial charge in [0.05, 0.1) is 11.6 Å². The molecule has 0 bridgehead atoms. The molecule has 0 amide bonds. The highest BCUT2D eigenvalue weighted by molar-refractivity contribution is 6.30. The van der Waals surface area contributed by atoms with E-state index in [9.17, 15) is 4.79 Å². The molecule has 2 aromatic rings. The number of aromatic nitrogens is 1. The number of fused-ring (bicyclic) bond motifs is 1. The van der Waals surface area contributed by atoms with E-state index in [-0.39, 0.29) is 5.92 Å². The minimum absolute atomic E-state index is 0.351. The van der Waals surface area contributed by atoms with Crippen molar-refractivity contribution in [3.8, 4) is 11.5 Å². The molecule has 4 nitrogen and oxygen atoms in total. The maximum atomic E-state index is 11.0. The van der Waals surface area contributed by atoms with E-state index in [1.165, 1.54) is 0 Å². The molecule has 1 aliphatic rings. The van der Waals surface area contributed by atoms with Crippen LogP contribution in [0, 0.1) is 5.92 Å². The van der Waals surface area contributed by atoms with Gasteiger partial charge in [-0.25, -0.2) is 4.98 Å². The third-order valence-electron chi connectivity index (χ3n) is 3.38. The highest BCUT2D eigenvalue weighted by Gasteiger charge is 2.28. The van der Waals surface area contributed by atoms with Crippen LogP contribution in [0.25, 0.3) is 11.5 Å². The Bertz CT molecular complexity index is 618. The van der Waals surface area contributed by atoms with Crippen LogP contribution in [-0.4, -0.2) is 16.1 Å². The zero-order valence-corrected chi connectivity index (χ0v) is 10.9. The summed E-state index contributed by atoms with van der Waals surface area (Å²) < 4.78 is 5.71. The number of halogens is 1. The van der Waals surface area contributed by atoms with Crippen molar-refractivity contribution < 1.29 is 14.3 Å². The molecule has 3 rings (SSSR count). The molecular weight excluding hydrogens is 266 g/mol. The number of carbonyl (C=O) groups is 1. The van der Waals surface area contributed by atoms with E-state index in [1.807, 2.05) is 12.1 Å². The fourth-order valence-electron chi connectivity index (χ4n) is 2.31. The second-order valence-corrected chi connectivity index (χ2v) is 5.11. The van der Waals surface area contributed by atoms with Crippen LogP contribution in [0.3, 0.4) is 0 Å². The lowest BCUT2D eigenvalue weighted by Gasteiger charge is -2.15. The normalized spacial score (nSPS) is 18.1. The Morgan fingerprint density at radius 1 is 1.37 bits per heavy atom. The van der Waals surface area contributed by atoms with Crippen LogP contribution in [0.5, 0.6) is 0 Å². The minimum Gasteiger partial charge on any atom is -0.481 e. The summed E-state index contributed by atoms with van der Waals surface area (Å²) >= 11 is 5.84. The Balaban J connectivity index is 1.91. The van der Waals surface area contributed by atoms with Crippen LogP contribution in [0.15, 0.2) is 28.7 Å². The molecule has 1 aromatic heterocycles. The summed E-state index contributed by atoms with van der Waals surface area (Å²) in [4.78, 5) is 15.4. The number of oxazole rings is 1. The van der Waals surface area contributed by atoms with Crippen LogP contribution in [0.1, 0.15) is 17.9 Å². The van der Waals surface area contributed by atoms with E-state index in [1.54, 1.807) is 12.1 Å². The number of carboxylic acids is 1. The topological polar surface area (TPSA) is 63.3 Å². The number of carboxylic acid groups (broad SMARTS) is 1. The maximum Gasteiger partial charge on any atom is 0.306 e. The standard InChI is InChI=1S/C14H12ClNO3/c15-10-4-1-8(2-5-10)13-16-11-7-9(14(17)18)3-6-12(11)19-13/h1-2,4-5,9H,3,6-7H2,(H,17,18). The Hall–Kier alpha value is -1.81. The number of aliphatic carboxylic acids is 1. The molecule has 1 aromatic carbocycles. The first-order valence-corrected chi connectivity index (χ1v) is 6.48. The molecule has 1 unspecified atom stereocenters. The first kappa shape index (κ1) is 12.2. The maximum absolute atomic E-state index is 11.0. The summed E-state index contributed by atoms with van der Waals surface area (Å²) in [5.41, 5.74) is 1.62. The lowest BCUT2D eigenvalue weighted by Crippen LogP contribution is -2.21. The predicted molar refractivity (Wildman–Crippen MR) is 70.1 cm³/mol. The molecule has 0 radical (unpaired) electrons. The molecule has 0 aliphatic heterocycles. The molecular formula is C14H12ClNO3. The molecule has 19 heavy (non-hydrogen) atoms. The van der Waals surface area contributed by atoms with Crippen LogP contribution >= 0.6 is 11.6 Å². The number of nitrogens with zero attached hydrogens (tertiary/aromatic N) is 1. The number of hydrogen-bond donors (Lipinski definition) is 1. The Kier molecular flexibility index (Phi) is 3.03. The van der Waals surface area contributed by atoms with Gasteiger partial charge in [0.25, 0.3) is 0 Å². The first-order valence-electron chi connectivity index (χ1n) is 6.11. The molecule has 0 fully saturated rings. The number of benzene rings is 1. The van der Waals surface area contributed by atoms with Gasteiger partial charge in [0.1, 0.15) is 5.76 Å². The van der Waals surface area contributed by atoms with Crippen LogP contribution in [0.2, 0.25) is 5.02 Å². The highest BCUT2D eigenvalue weighted by atomic mass is 35.5. The van der Waals surface area contributed by atoms with E-state index in [2.05, 4.69) is 4.98 Å². The van der Waals surface area contributed by atoms with Crippen molar-refractivity contribution in [3.05, 3.63) is 40.7 Å². The molecule has 1 atom stereocenters. The summed E-state index contributed by atoms with van der Waals surface area (Å²) in [5.74, 6) is 0.229. The van der Waals surface area contributed by atoms with Gasteiger partial charge in [0.15, 0.2) is 0 Å². The first-order chi connectivity index (χ1) is 9.13. The van der Waals surface area contributed by atoms with Crippen molar-refractivity contribution in [2.75, 3.05) is 0 Å². The van der Waals surface area contributed by atoms with Gasteiger partial charge in [-0.2, -0.15) is 0 Å². The molecule has 5 heteroatoms. The molecule has 1 aliphatic carbocycles. The van der Waals surface area contributed by atoms with E-state index in [0.717, 1.165) is 17.0 Å². The van der Waals surface area contributed by atoms with E-state index >= 15 is 0 Å². The summed E-state index contributed by atoms with van der Waals surface area (Å²) in [6.45, 7) is 0. The molecule has 0 spiro atoms. The van der Waals surface area contributed by atoms with Gasteiger partial charge in [0.2, 0.25) is 5.89 Å².